The minimum Gasteiger partial charge on any atom is -0.439 e. The third-order valence-corrected chi connectivity index (χ3v) is 2.80. The Balaban J connectivity index is 2.28. The molecule has 0 saturated heterocycles. The number of hydrogen-bond acceptors (Lipinski definition) is 3. The van der Waals surface area contributed by atoms with Crippen molar-refractivity contribution in [3.8, 4) is 11.6 Å². The predicted molar refractivity (Wildman–Crippen MR) is 76.1 cm³/mol. The smallest absolute Gasteiger partial charge is 0.219 e. The standard InChI is InChI=1S/C14H14N2OS/c1-9-3-4-12(10(2)7-9)17-13-8-11(14(15)18)5-6-16-13/h3-8H,1-2H3,(H2,15,18). The van der Waals surface area contributed by atoms with E-state index in [-0.39, 0.29) is 0 Å². The summed E-state index contributed by atoms with van der Waals surface area (Å²) in [6.45, 7) is 4.04. The molecule has 0 saturated carbocycles. The van der Waals surface area contributed by atoms with Crippen LogP contribution in [0.15, 0.2) is 36.5 Å². The van der Waals surface area contributed by atoms with E-state index in [1.165, 1.54) is 5.56 Å². The number of hydrogen-bond donors (Lipinski definition) is 1. The number of rotatable bonds is 3. The first-order valence-electron chi connectivity index (χ1n) is 5.57. The fraction of sp³-hybridized carbons (Fsp3) is 0.143. The summed E-state index contributed by atoms with van der Waals surface area (Å²) in [6.07, 6.45) is 1.63. The second-order valence-electron chi connectivity index (χ2n) is 4.12. The number of pyridine rings is 1. The molecule has 0 unspecified atom stereocenters. The first-order valence-corrected chi connectivity index (χ1v) is 5.98. The van der Waals surface area contributed by atoms with E-state index in [2.05, 4.69) is 11.1 Å². The summed E-state index contributed by atoms with van der Waals surface area (Å²) in [7, 11) is 0. The predicted octanol–water partition coefficient (Wildman–Crippen LogP) is 3.12. The molecular weight excluding hydrogens is 244 g/mol. The Labute approximate surface area is 112 Å². The highest BCUT2D eigenvalue weighted by Gasteiger charge is 2.04. The molecule has 0 atom stereocenters. The van der Waals surface area contributed by atoms with Gasteiger partial charge in [-0.2, -0.15) is 0 Å². The minimum atomic E-state index is 0.336. The van der Waals surface area contributed by atoms with Crippen LogP contribution in [0.4, 0.5) is 0 Å². The maximum Gasteiger partial charge on any atom is 0.219 e. The highest BCUT2D eigenvalue weighted by atomic mass is 32.1. The Kier molecular flexibility index (Phi) is 3.58. The summed E-state index contributed by atoms with van der Waals surface area (Å²) in [4.78, 5) is 4.48. The van der Waals surface area contributed by atoms with Gasteiger partial charge in [0.25, 0.3) is 0 Å². The summed E-state index contributed by atoms with van der Waals surface area (Å²) in [5.41, 5.74) is 8.59. The molecule has 3 nitrogen and oxygen atoms in total. The first kappa shape index (κ1) is 12.5. The molecule has 0 aliphatic heterocycles. The third kappa shape index (κ3) is 2.84. The monoisotopic (exact) mass is 258 g/mol. The van der Waals surface area contributed by atoms with Crippen molar-refractivity contribution in [1.29, 1.82) is 0 Å². The molecule has 0 radical (unpaired) electrons. The average molecular weight is 258 g/mol. The first-order chi connectivity index (χ1) is 8.56. The number of ether oxygens (including phenoxy) is 1. The zero-order chi connectivity index (χ0) is 13.1. The van der Waals surface area contributed by atoms with Crippen molar-refractivity contribution in [3.05, 3.63) is 53.2 Å². The molecule has 1 aromatic heterocycles. The lowest BCUT2D eigenvalue weighted by molar-refractivity contribution is 0.459. The lowest BCUT2D eigenvalue weighted by atomic mass is 10.1. The second-order valence-corrected chi connectivity index (χ2v) is 4.56. The van der Waals surface area contributed by atoms with E-state index < -0.39 is 0 Å². The number of nitrogens with two attached hydrogens (primary N) is 1. The maximum absolute atomic E-state index is 5.73. The van der Waals surface area contributed by atoms with Crippen molar-refractivity contribution in [2.45, 2.75) is 13.8 Å². The Morgan fingerprint density at radius 1 is 1.22 bits per heavy atom. The molecule has 92 valence electrons. The van der Waals surface area contributed by atoms with E-state index >= 15 is 0 Å². The number of aryl methyl sites for hydroxylation is 2. The van der Waals surface area contributed by atoms with Crippen LogP contribution in [-0.4, -0.2) is 9.97 Å². The fourth-order valence-corrected chi connectivity index (χ4v) is 1.77. The molecule has 0 aliphatic rings. The van der Waals surface area contributed by atoms with Gasteiger partial charge in [0.1, 0.15) is 10.7 Å². The van der Waals surface area contributed by atoms with Crippen LogP contribution in [0.1, 0.15) is 16.7 Å². The normalized spacial score (nSPS) is 10.1. The lowest BCUT2D eigenvalue weighted by Crippen LogP contribution is -2.09. The van der Waals surface area contributed by atoms with Gasteiger partial charge in [0.2, 0.25) is 5.88 Å². The molecule has 2 rings (SSSR count). The van der Waals surface area contributed by atoms with Crippen LogP contribution in [0.3, 0.4) is 0 Å². The average Bonchev–Trinajstić information content (AvgIpc) is 2.33. The van der Waals surface area contributed by atoms with Crippen molar-refractivity contribution < 1.29 is 4.74 Å². The van der Waals surface area contributed by atoms with Crippen LogP contribution < -0.4 is 10.5 Å². The topological polar surface area (TPSA) is 48.1 Å². The van der Waals surface area contributed by atoms with Gasteiger partial charge in [-0.05, 0) is 31.5 Å². The molecule has 2 N–H and O–H groups in total. The summed E-state index contributed by atoms with van der Waals surface area (Å²) in [6, 6.07) is 9.49. The Morgan fingerprint density at radius 2 is 2.00 bits per heavy atom. The van der Waals surface area contributed by atoms with Crippen molar-refractivity contribution in [2.24, 2.45) is 5.73 Å². The van der Waals surface area contributed by atoms with E-state index in [0.717, 1.165) is 16.9 Å². The molecule has 18 heavy (non-hydrogen) atoms. The summed E-state index contributed by atoms with van der Waals surface area (Å²) in [5.74, 6) is 1.28. The Bertz CT molecular complexity index is 596. The van der Waals surface area contributed by atoms with Crippen molar-refractivity contribution in [3.63, 3.8) is 0 Å². The second kappa shape index (κ2) is 5.14. The van der Waals surface area contributed by atoms with Crippen LogP contribution in [0.25, 0.3) is 0 Å². The van der Waals surface area contributed by atoms with E-state index in [9.17, 15) is 0 Å². The van der Waals surface area contributed by atoms with Crippen LogP contribution in [0, 0.1) is 13.8 Å². The lowest BCUT2D eigenvalue weighted by Gasteiger charge is -2.09. The highest BCUT2D eigenvalue weighted by Crippen LogP contribution is 2.24. The molecule has 1 aromatic carbocycles. The van der Waals surface area contributed by atoms with Gasteiger partial charge in [-0.1, -0.05) is 29.9 Å². The minimum absolute atomic E-state index is 0.336. The van der Waals surface area contributed by atoms with Crippen molar-refractivity contribution in [1.82, 2.24) is 4.98 Å². The summed E-state index contributed by atoms with van der Waals surface area (Å²) in [5, 5.41) is 0. The van der Waals surface area contributed by atoms with Gasteiger partial charge in [0.05, 0.1) is 0 Å². The number of thiocarbonyl (C=S) groups is 1. The molecule has 4 heteroatoms. The van der Waals surface area contributed by atoms with E-state index in [1.54, 1.807) is 18.3 Å². The van der Waals surface area contributed by atoms with Gasteiger partial charge in [-0.3, -0.25) is 0 Å². The zero-order valence-electron chi connectivity index (χ0n) is 10.3. The SMILES string of the molecule is Cc1ccc(Oc2cc(C(N)=S)ccn2)c(C)c1. The van der Waals surface area contributed by atoms with Gasteiger partial charge < -0.3 is 10.5 Å². The summed E-state index contributed by atoms with van der Waals surface area (Å²) < 4.78 is 5.73. The molecule has 0 fully saturated rings. The molecule has 1 heterocycles. The Morgan fingerprint density at radius 3 is 2.67 bits per heavy atom. The fourth-order valence-electron chi connectivity index (χ4n) is 1.65. The van der Waals surface area contributed by atoms with Crippen LogP contribution in [0.5, 0.6) is 11.6 Å². The molecule has 0 spiro atoms. The van der Waals surface area contributed by atoms with Crippen LogP contribution >= 0.6 is 12.2 Å². The number of benzene rings is 1. The largest absolute Gasteiger partial charge is 0.439 e. The third-order valence-electron chi connectivity index (χ3n) is 2.56. The van der Waals surface area contributed by atoms with Crippen LogP contribution in [-0.2, 0) is 0 Å². The number of nitrogens with zero attached hydrogens (tertiary/aromatic N) is 1. The van der Waals surface area contributed by atoms with E-state index in [1.807, 2.05) is 26.0 Å². The van der Waals surface area contributed by atoms with E-state index in [0.29, 0.717) is 10.9 Å². The van der Waals surface area contributed by atoms with Gasteiger partial charge in [-0.15, -0.1) is 0 Å². The quantitative estimate of drug-likeness (QED) is 0.859. The molecule has 2 aromatic rings. The van der Waals surface area contributed by atoms with E-state index in [4.69, 9.17) is 22.7 Å². The van der Waals surface area contributed by atoms with Gasteiger partial charge in [-0.25, -0.2) is 4.98 Å². The van der Waals surface area contributed by atoms with Gasteiger partial charge in [0, 0.05) is 17.8 Å². The van der Waals surface area contributed by atoms with Crippen LogP contribution in [0.2, 0.25) is 0 Å². The van der Waals surface area contributed by atoms with Gasteiger partial charge >= 0.3 is 0 Å². The van der Waals surface area contributed by atoms with Crippen molar-refractivity contribution >= 4 is 17.2 Å². The molecule has 0 amide bonds. The zero-order valence-corrected chi connectivity index (χ0v) is 11.1. The van der Waals surface area contributed by atoms with Crippen molar-refractivity contribution in [2.75, 3.05) is 0 Å². The Hall–Kier alpha value is -1.94. The molecule has 0 aliphatic carbocycles. The van der Waals surface area contributed by atoms with Gasteiger partial charge in [0.15, 0.2) is 0 Å². The molecular formula is C14H14N2OS. The number of aromatic nitrogens is 1. The maximum atomic E-state index is 5.73. The summed E-state index contributed by atoms with van der Waals surface area (Å²) >= 11 is 4.92. The molecule has 0 bridgehead atoms. The highest BCUT2D eigenvalue weighted by molar-refractivity contribution is 7.80.